The third-order valence-electron chi connectivity index (χ3n) is 3.68. The Bertz CT molecular complexity index is 554. The van der Waals surface area contributed by atoms with Crippen molar-refractivity contribution in [2.24, 2.45) is 11.8 Å². The largest absolute Gasteiger partial charge is 0.481 e. The van der Waals surface area contributed by atoms with Gasteiger partial charge in [0.05, 0.1) is 11.8 Å². The van der Waals surface area contributed by atoms with Crippen LogP contribution >= 0.6 is 0 Å². The van der Waals surface area contributed by atoms with Crippen molar-refractivity contribution in [3.05, 3.63) is 29.6 Å². The molecule has 2 N–H and O–H groups in total. The first-order chi connectivity index (χ1) is 9.90. The van der Waals surface area contributed by atoms with E-state index in [1.807, 2.05) is 5.32 Å². The van der Waals surface area contributed by atoms with E-state index in [0.29, 0.717) is 37.8 Å². The van der Waals surface area contributed by atoms with E-state index in [1.165, 1.54) is 0 Å². The molecule has 114 valence electrons. The Morgan fingerprint density at radius 3 is 2.10 bits per heavy atom. The molecule has 1 amide bonds. The lowest BCUT2D eigenvalue weighted by atomic mass is 9.78. The number of carboxylic acids is 1. The highest BCUT2D eigenvalue weighted by Crippen LogP contribution is 2.32. The molecule has 1 fully saturated rings. The van der Waals surface area contributed by atoms with E-state index in [-0.39, 0.29) is 0 Å². The van der Waals surface area contributed by atoms with Gasteiger partial charge >= 0.3 is 5.97 Å². The minimum absolute atomic E-state index is 0.341. The van der Waals surface area contributed by atoms with Crippen LogP contribution in [-0.2, 0) is 9.59 Å². The van der Waals surface area contributed by atoms with Crippen molar-refractivity contribution in [2.45, 2.75) is 25.7 Å². The smallest absolute Gasteiger partial charge is 0.307 e. The van der Waals surface area contributed by atoms with Crippen LogP contribution in [-0.4, -0.2) is 17.0 Å². The minimum Gasteiger partial charge on any atom is -0.481 e. The van der Waals surface area contributed by atoms with Crippen molar-refractivity contribution in [1.29, 1.82) is 0 Å². The Kier molecular flexibility index (Phi) is 4.50. The van der Waals surface area contributed by atoms with E-state index in [9.17, 15) is 22.8 Å². The van der Waals surface area contributed by atoms with Crippen LogP contribution in [0.1, 0.15) is 25.7 Å². The van der Waals surface area contributed by atoms with Crippen LogP contribution in [0.5, 0.6) is 0 Å². The average molecular weight is 301 g/mol. The molecule has 2 rings (SSSR count). The molecule has 1 aromatic carbocycles. The quantitative estimate of drug-likeness (QED) is 0.902. The second-order valence-electron chi connectivity index (χ2n) is 5.07. The molecule has 0 aromatic heterocycles. The summed E-state index contributed by atoms with van der Waals surface area (Å²) in [6.45, 7) is 0. The maximum atomic E-state index is 13.5. The maximum Gasteiger partial charge on any atom is 0.307 e. The Labute approximate surface area is 119 Å². The first-order valence-electron chi connectivity index (χ1n) is 6.58. The lowest BCUT2D eigenvalue weighted by molar-refractivity contribution is -0.147. The molecule has 1 saturated carbocycles. The third kappa shape index (κ3) is 3.34. The summed E-state index contributed by atoms with van der Waals surface area (Å²) in [5.74, 6) is -7.14. The SMILES string of the molecule is O=C(O)C1CCCCC1C(=O)Nc1c(F)cc(F)cc1F. The Balaban J connectivity index is 2.19. The number of carbonyl (C=O) groups excluding carboxylic acids is 1. The fourth-order valence-corrected chi connectivity index (χ4v) is 2.62. The zero-order valence-electron chi connectivity index (χ0n) is 11.0. The zero-order chi connectivity index (χ0) is 15.6. The summed E-state index contributed by atoms with van der Waals surface area (Å²) in [5, 5.41) is 11.1. The molecule has 21 heavy (non-hydrogen) atoms. The summed E-state index contributed by atoms with van der Waals surface area (Å²) in [5.41, 5.74) is -0.754. The number of aliphatic carboxylic acids is 1. The first-order valence-corrected chi connectivity index (χ1v) is 6.58. The van der Waals surface area contributed by atoms with Gasteiger partial charge in [0, 0.05) is 12.1 Å². The summed E-state index contributed by atoms with van der Waals surface area (Å²) in [7, 11) is 0. The molecule has 0 saturated heterocycles. The lowest BCUT2D eigenvalue weighted by Gasteiger charge is -2.27. The van der Waals surface area contributed by atoms with E-state index in [4.69, 9.17) is 5.11 Å². The van der Waals surface area contributed by atoms with E-state index < -0.39 is 46.9 Å². The zero-order valence-corrected chi connectivity index (χ0v) is 11.0. The van der Waals surface area contributed by atoms with Gasteiger partial charge in [-0.25, -0.2) is 13.2 Å². The van der Waals surface area contributed by atoms with Gasteiger partial charge in [0.1, 0.15) is 11.5 Å². The highest BCUT2D eigenvalue weighted by atomic mass is 19.1. The molecule has 0 aliphatic heterocycles. The predicted molar refractivity (Wildman–Crippen MR) is 68.0 cm³/mol. The monoisotopic (exact) mass is 301 g/mol. The molecule has 0 spiro atoms. The molecule has 0 radical (unpaired) electrons. The molecule has 1 aliphatic carbocycles. The number of carboxylic acid groups (broad SMARTS) is 1. The highest BCUT2D eigenvalue weighted by molar-refractivity contribution is 5.95. The van der Waals surface area contributed by atoms with Gasteiger partial charge in [0.15, 0.2) is 11.6 Å². The van der Waals surface area contributed by atoms with Crippen molar-refractivity contribution in [1.82, 2.24) is 0 Å². The van der Waals surface area contributed by atoms with Gasteiger partial charge in [-0.3, -0.25) is 9.59 Å². The second kappa shape index (κ2) is 6.15. The first kappa shape index (κ1) is 15.3. The standard InChI is InChI=1S/C14H14F3NO3/c15-7-5-10(16)12(11(17)6-7)18-13(19)8-3-1-2-4-9(8)14(20)21/h5-6,8-9H,1-4H2,(H,18,19)(H,20,21). The van der Waals surface area contributed by atoms with Gasteiger partial charge in [-0.05, 0) is 12.8 Å². The number of hydrogen-bond donors (Lipinski definition) is 2. The molecular weight excluding hydrogens is 287 g/mol. The predicted octanol–water partition coefficient (Wildman–Crippen LogP) is 2.93. The average Bonchev–Trinajstić information content (AvgIpc) is 2.42. The van der Waals surface area contributed by atoms with E-state index in [2.05, 4.69) is 0 Å². The van der Waals surface area contributed by atoms with Crippen LogP contribution in [0.15, 0.2) is 12.1 Å². The number of rotatable bonds is 3. The number of hydrogen-bond acceptors (Lipinski definition) is 2. The molecule has 2 atom stereocenters. The van der Waals surface area contributed by atoms with Gasteiger partial charge in [0.2, 0.25) is 5.91 Å². The normalized spacial score (nSPS) is 21.9. The van der Waals surface area contributed by atoms with Gasteiger partial charge in [-0.2, -0.15) is 0 Å². The minimum atomic E-state index is -1.23. The van der Waals surface area contributed by atoms with Crippen molar-refractivity contribution in [2.75, 3.05) is 5.32 Å². The van der Waals surface area contributed by atoms with Gasteiger partial charge in [-0.15, -0.1) is 0 Å². The molecule has 2 unspecified atom stereocenters. The number of amides is 1. The van der Waals surface area contributed by atoms with Gasteiger partial charge in [0.25, 0.3) is 0 Å². The second-order valence-corrected chi connectivity index (χ2v) is 5.07. The number of halogens is 3. The van der Waals surface area contributed by atoms with E-state index in [0.717, 1.165) is 0 Å². The van der Waals surface area contributed by atoms with Crippen LogP contribution in [0.2, 0.25) is 0 Å². The van der Waals surface area contributed by atoms with Crippen molar-refractivity contribution in [3.8, 4) is 0 Å². The molecule has 1 aromatic rings. The lowest BCUT2D eigenvalue weighted by Crippen LogP contribution is -2.36. The van der Waals surface area contributed by atoms with Crippen molar-refractivity contribution >= 4 is 17.6 Å². The number of benzene rings is 1. The summed E-state index contributed by atoms with van der Waals surface area (Å²) in [4.78, 5) is 23.2. The summed E-state index contributed by atoms with van der Waals surface area (Å²) in [6, 6.07) is 0.905. The highest BCUT2D eigenvalue weighted by Gasteiger charge is 2.36. The Morgan fingerprint density at radius 2 is 1.57 bits per heavy atom. The molecule has 4 nitrogen and oxygen atoms in total. The molecule has 7 heteroatoms. The summed E-state index contributed by atoms with van der Waals surface area (Å²) < 4.78 is 39.8. The van der Waals surface area contributed by atoms with Crippen LogP contribution in [0.4, 0.5) is 18.9 Å². The van der Waals surface area contributed by atoms with Crippen LogP contribution in [0, 0.1) is 29.3 Å². The summed E-state index contributed by atoms with van der Waals surface area (Å²) >= 11 is 0. The summed E-state index contributed by atoms with van der Waals surface area (Å²) in [6.07, 6.45) is 2.06. The fourth-order valence-electron chi connectivity index (χ4n) is 2.62. The maximum absolute atomic E-state index is 13.5. The van der Waals surface area contributed by atoms with Gasteiger partial charge in [-0.1, -0.05) is 12.8 Å². The topological polar surface area (TPSA) is 66.4 Å². The number of anilines is 1. The third-order valence-corrected chi connectivity index (χ3v) is 3.68. The molecule has 0 bridgehead atoms. The number of carbonyl (C=O) groups is 2. The van der Waals surface area contributed by atoms with Gasteiger partial charge < -0.3 is 10.4 Å². The van der Waals surface area contributed by atoms with Crippen LogP contribution < -0.4 is 5.32 Å². The van der Waals surface area contributed by atoms with Crippen LogP contribution in [0.3, 0.4) is 0 Å². The molecular formula is C14H14F3NO3. The number of nitrogens with one attached hydrogen (secondary N) is 1. The Morgan fingerprint density at radius 1 is 1.05 bits per heavy atom. The van der Waals surface area contributed by atoms with Crippen molar-refractivity contribution in [3.63, 3.8) is 0 Å². The fraction of sp³-hybridized carbons (Fsp3) is 0.429. The van der Waals surface area contributed by atoms with E-state index in [1.54, 1.807) is 0 Å². The Hall–Kier alpha value is -2.05. The van der Waals surface area contributed by atoms with E-state index >= 15 is 0 Å². The molecule has 0 heterocycles. The van der Waals surface area contributed by atoms with Crippen LogP contribution in [0.25, 0.3) is 0 Å². The molecule has 1 aliphatic rings. The van der Waals surface area contributed by atoms with Crippen molar-refractivity contribution < 1.29 is 27.9 Å².